The number of benzene rings is 1. The van der Waals surface area contributed by atoms with Crippen molar-refractivity contribution < 1.29 is 4.39 Å². The highest BCUT2D eigenvalue weighted by atomic mass is 35.5. The summed E-state index contributed by atoms with van der Waals surface area (Å²) in [6.07, 6.45) is 5.11. The van der Waals surface area contributed by atoms with Gasteiger partial charge in [0.2, 0.25) is 0 Å². The standard InChI is InChI=1S/C19H25ClFN5/c1-12(2)26-11-14-5-6-15(9-18(14)25-26)24-19(22-3)23-10-13-4-7-17(21)16(20)8-13/h4,7-8,11-12,15H,5-6,9-10H2,1-3H3,(H2,22,23,24). The normalized spacial score (nSPS) is 17.3. The van der Waals surface area contributed by atoms with Crippen LogP contribution in [0.5, 0.6) is 0 Å². The number of hydrogen-bond donors (Lipinski definition) is 2. The van der Waals surface area contributed by atoms with Gasteiger partial charge in [0.15, 0.2) is 5.96 Å². The van der Waals surface area contributed by atoms with Crippen LogP contribution in [0.3, 0.4) is 0 Å². The number of fused-ring (bicyclic) bond motifs is 1. The van der Waals surface area contributed by atoms with Crippen molar-refractivity contribution in [3.05, 3.63) is 52.1 Å². The number of hydrogen-bond acceptors (Lipinski definition) is 2. The molecule has 26 heavy (non-hydrogen) atoms. The highest BCUT2D eigenvalue weighted by Crippen LogP contribution is 2.22. The number of nitrogens with zero attached hydrogens (tertiary/aromatic N) is 3. The Morgan fingerprint density at radius 1 is 1.46 bits per heavy atom. The van der Waals surface area contributed by atoms with Crippen molar-refractivity contribution in [1.29, 1.82) is 0 Å². The van der Waals surface area contributed by atoms with E-state index in [0.717, 1.165) is 30.8 Å². The lowest BCUT2D eigenvalue weighted by Crippen LogP contribution is -2.45. The minimum absolute atomic E-state index is 0.132. The second-order valence-electron chi connectivity index (χ2n) is 6.93. The summed E-state index contributed by atoms with van der Waals surface area (Å²) in [5, 5.41) is 11.6. The van der Waals surface area contributed by atoms with Crippen molar-refractivity contribution in [3.63, 3.8) is 0 Å². The molecule has 5 nitrogen and oxygen atoms in total. The van der Waals surface area contributed by atoms with Gasteiger partial charge in [-0.3, -0.25) is 9.67 Å². The molecule has 1 aliphatic rings. The van der Waals surface area contributed by atoms with E-state index in [9.17, 15) is 4.39 Å². The Morgan fingerprint density at radius 3 is 2.96 bits per heavy atom. The van der Waals surface area contributed by atoms with Gasteiger partial charge >= 0.3 is 0 Å². The third-order valence-corrected chi connectivity index (χ3v) is 4.92. The van der Waals surface area contributed by atoms with Gasteiger partial charge in [-0.2, -0.15) is 5.10 Å². The molecule has 0 saturated carbocycles. The summed E-state index contributed by atoms with van der Waals surface area (Å²) in [5.74, 6) is 0.318. The van der Waals surface area contributed by atoms with Crippen molar-refractivity contribution in [2.75, 3.05) is 7.05 Å². The second-order valence-corrected chi connectivity index (χ2v) is 7.34. The van der Waals surface area contributed by atoms with Gasteiger partial charge < -0.3 is 10.6 Å². The lowest BCUT2D eigenvalue weighted by Gasteiger charge is -2.24. The fraction of sp³-hybridized carbons (Fsp3) is 0.474. The molecule has 0 amide bonds. The summed E-state index contributed by atoms with van der Waals surface area (Å²) >= 11 is 5.83. The molecule has 140 valence electrons. The second kappa shape index (κ2) is 8.08. The number of aromatic nitrogens is 2. The molecule has 2 N–H and O–H groups in total. The fourth-order valence-corrected chi connectivity index (χ4v) is 3.33. The van der Waals surface area contributed by atoms with Crippen LogP contribution in [-0.2, 0) is 19.4 Å². The Morgan fingerprint density at radius 2 is 2.27 bits per heavy atom. The van der Waals surface area contributed by atoms with Crippen LogP contribution in [0.25, 0.3) is 0 Å². The van der Waals surface area contributed by atoms with Gasteiger partial charge in [0.05, 0.1) is 10.7 Å². The first-order chi connectivity index (χ1) is 12.5. The maximum Gasteiger partial charge on any atom is 0.191 e. The molecule has 0 aliphatic heterocycles. The van der Waals surface area contributed by atoms with Gasteiger partial charge in [0, 0.05) is 38.3 Å². The summed E-state index contributed by atoms with van der Waals surface area (Å²) in [6.45, 7) is 4.81. The molecule has 3 rings (SSSR count). The summed E-state index contributed by atoms with van der Waals surface area (Å²) in [6, 6.07) is 5.39. The predicted octanol–water partition coefficient (Wildman–Crippen LogP) is 3.48. The van der Waals surface area contributed by atoms with Crippen LogP contribution < -0.4 is 10.6 Å². The van der Waals surface area contributed by atoms with Gasteiger partial charge in [0.1, 0.15) is 5.82 Å². The van der Waals surface area contributed by atoms with Crippen LogP contribution in [0.2, 0.25) is 5.02 Å². The molecule has 0 fully saturated rings. The van der Waals surface area contributed by atoms with Crippen LogP contribution in [0.15, 0.2) is 29.4 Å². The van der Waals surface area contributed by atoms with E-state index in [1.807, 2.05) is 4.68 Å². The maximum absolute atomic E-state index is 13.2. The monoisotopic (exact) mass is 377 g/mol. The molecule has 7 heteroatoms. The molecule has 1 unspecified atom stereocenters. The number of guanidine groups is 1. The largest absolute Gasteiger partial charge is 0.353 e. The third-order valence-electron chi connectivity index (χ3n) is 4.63. The van der Waals surface area contributed by atoms with Gasteiger partial charge in [0.25, 0.3) is 0 Å². The van der Waals surface area contributed by atoms with E-state index in [4.69, 9.17) is 16.7 Å². The van der Waals surface area contributed by atoms with Gasteiger partial charge in [-0.1, -0.05) is 17.7 Å². The predicted molar refractivity (Wildman–Crippen MR) is 103 cm³/mol. The molecule has 0 bridgehead atoms. The number of aryl methyl sites for hydroxylation is 1. The number of rotatable bonds is 4. The molecular formula is C19H25ClFN5. The topological polar surface area (TPSA) is 54.2 Å². The highest BCUT2D eigenvalue weighted by molar-refractivity contribution is 6.30. The highest BCUT2D eigenvalue weighted by Gasteiger charge is 2.23. The first kappa shape index (κ1) is 18.7. The van der Waals surface area contributed by atoms with Crippen molar-refractivity contribution in [3.8, 4) is 0 Å². The number of halogens is 2. The van der Waals surface area contributed by atoms with Crippen LogP contribution >= 0.6 is 11.6 Å². The van der Waals surface area contributed by atoms with Crippen molar-refractivity contribution in [2.24, 2.45) is 4.99 Å². The Balaban J connectivity index is 1.57. The molecular weight excluding hydrogens is 353 g/mol. The third kappa shape index (κ3) is 4.36. The lowest BCUT2D eigenvalue weighted by molar-refractivity contribution is 0.499. The summed E-state index contributed by atoms with van der Waals surface area (Å²) in [4.78, 5) is 4.29. The molecule has 0 spiro atoms. The lowest BCUT2D eigenvalue weighted by atomic mass is 9.94. The summed E-state index contributed by atoms with van der Waals surface area (Å²) in [5.41, 5.74) is 3.42. The van der Waals surface area contributed by atoms with Gasteiger partial charge in [-0.05, 0) is 49.9 Å². The average molecular weight is 378 g/mol. The van der Waals surface area contributed by atoms with E-state index in [0.29, 0.717) is 18.6 Å². The molecule has 0 saturated heterocycles. The van der Waals surface area contributed by atoms with E-state index in [-0.39, 0.29) is 5.02 Å². The van der Waals surface area contributed by atoms with Gasteiger partial charge in [-0.15, -0.1) is 0 Å². The van der Waals surface area contributed by atoms with E-state index in [1.165, 1.54) is 17.3 Å². The Labute approximate surface area is 158 Å². The fourth-order valence-electron chi connectivity index (χ4n) is 3.12. The molecule has 2 aromatic rings. The summed E-state index contributed by atoms with van der Waals surface area (Å²) in [7, 11) is 1.74. The quantitative estimate of drug-likeness (QED) is 0.633. The van der Waals surface area contributed by atoms with Crippen LogP contribution in [-0.4, -0.2) is 28.8 Å². The van der Waals surface area contributed by atoms with Crippen LogP contribution in [0, 0.1) is 5.82 Å². The van der Waals surface area contributed by atoms with E-state index in [1.54, 1.807) is 19.2 Å². The van der Waals surface area contributed by atoms with E-state index >= 15 is 0 Å². The van der Waals surface area contributed by atoms with Crippen LogP contribution in [0.1, 0.15) is 43.1 Å². The smallest absolute Gasteiger partial charge is 0.191 e. The molecule has 1 atom stereocenters. The molecule has 0 radical (unpaired) electrons. The number of aliphatic imine (C=N–C) groups is 1. The number of nitrogens with one attached hydrogen (secondary N) is 2. The average Bonchev–Trinajstić information content (AvgIpc) is 3.05. The Bertz CT molecular complexity index is 799. The molecule has 1 aromatic carbocycles. The van der Waals surface area contributed by atoms with Crippen LogP contribution in [0.4, 0.5) is 4.39 Å². The maximum atomic E-state index is 13.2. The zero-order valence-corrected chi connectivity index (χ0v) is 16.1. The molecule has 1 heterocycles. The zero-order valence-electron chi connectivity index (χ0n) is 15.4. The van der Waals surface area contributed by atoms with Crippen molar-refractivity contribution in [1.82, 2.24) is 20.4 Å². The van der Waals surface area contributed by atoms with Gasteiger partial charge in [-0.25, -0.2) is 4.39 Å². The summed E-state index contributed by atoms with van der Waals surface area (Å²) < 4.78 is 15.3. The van der Waals surface area contributed by atoms with Crippen molar-refractivity contribution >= 4 is 17.6 Å². The Kier molecular flexibility index (Phi) is 5.81. The van der Waals surface area contributed by atoms with E-state index in [2.05, 4.69) is 35.7 Å². The molecule has 1 aliphatic carbocycles. The first-order valence-electron chi connectivity index (χ1n) is 8.94. The zero-order chi connectivity index (χ0) is 18.7. The minimum Gasteiger partial charge on any atom is -0.353 e. The first-order valence-corrected chi connectivity index (χ1v) is 9.32. The van der Waals surface area contributed by atoms with Crippen molar-refractivity contribution in [2.45, 2.75) is 51.7 Å². The van der Waals surface area contributed by atoms with E-state index < -0.39 is 5.82 Å². The Hall–Kier alpha value is -2.08. The molecule has 1 aromatic heterocycles. The minimum atomic E-state index is -0.406. The SMILES string of the molecule is CN=C(NCc1ccc(F)c(Cl)c1)NC1CCc2cn(C(C)C)nc2C1.